The van der Waals surface area contributed by atoms with Crippen LogP contribution in [-0.4, -0.2) is 44.5 Å². The van der Waals surface area contributed by atoms with Gasteiger partial charge in [0.15, 0.2) is 0 Å². The molecule has 1 aliphatic heterocycles. The second-order valence-electron chi connectivity index (χ2n) is 8.02. The number of alkyl halides is 1. The molecule has 1 aliphatic rings. The van der Waals surface area contributed by atoms with Crippen LogP contribution in [0.2, 0.25) is 0 Å². The fourth-order valence-electron chi connectivity index (χ4n) is 4.05. The number of anilines is 1. The molecule has 5 rings (SSSR count). The van der Waals surface area contributed by atoms with E-state index in [9.17, 15) is 9.18 Å². The smallest absolute Gasteiger partial charge is 0.275 e. The Morgan fingerprint density at radius 2 is 2.15 bits per heavy atom. The number of pyridine rings is 1. The third kappa shape index (κ3) is 4.24. The van der Waals surface area contributed by atoms with Gasteiger partial charge in [0.05, 0.1) is 29.7 Å². The van der Waals surface area contributed by atoms with E-state index in [-0.39, 0.29) is 12.5 Å². The number of carbonyl (C=O) groups is 1. The molecule has 3 N–H and O–H groups in total. The average Bonchev–Trinajstić information content (AvgIpc) is 3.42. The fraction of sp³-hybridized carbons (Fsp3) is 0.304. The van der Waals surface area contributed by atoms with E-state index in [1.54, 1.807) is 29.5 Å². The van der Waals surface area contributed by atoms with Crippen molar-refractivity contribution in [3.8, 4) is 10.6 Å². The molecule has 0 spiro atoms. The van der Waals surface area contributed by atoms with Crippen LogP contribution in [0.1, 0.15) is 35.1 Å². The zero-order valence-corrected chi connectivity index (χ0v) is 18.8. The second kappa shape index (κ2) is 8.97. The number of thiazole rings is 1. The number of nitrogens with two attached hydrogens (primary N) is 1. The first-order chi connectivity index (χ1) is 16.0. The minimum absolute atomic E-state index is 0.0844. The van der Waals surface area contributed by atoms with Crippen LogP contribution >= 0.6 is 11.3 Å². The van der Waals surface area contributed by atoms with E-state index >= 15 is 0 Å². The maximum atomic E-state index is 14.0. The summed E-state index contributed by atoms with van der Waals surface area (Å²) < 4.78 is 21.4. The van der Waals surface area contributed by atoms with Crippen LogP contribution in [0.25, 0.3) is 21.5 Å². The molecular formula is C23H23FN6O2S. The number of fused-ring (bicyclic) bond motifs is 1. The van der Waals surface area contributed by atoms with Gasteiger partial charge < -0.3 is 15.8 Å². The molecule has 170 valence electrons. The molecule has 0 radical (unpaired) electrons. The number of amides is 1. The molecule has 0 aliphatic carbocycles. The summed E-state index contributed by atoms with van der Waals surface area (Å²) >= 11 is 1.38. The van der Waals surface area contributed by atoms with Gasteiger partial charge in [-0.3, -0.25) is 14.5 Å². The number of aromatic nitrogens is 4. The summed E-state index contributed by atoms with van der Waals surface area (Å²) in [5.41, 5.74) is 9.06. The first kappa shape index (κ1) is 21.6. The molecule has 3 atom stereocenters. The minimum atomic E-state index is -1.21. The fourth-order valence-corrected chi connectivity index (χ4v) is 4.87. The van der Waals surface area contributed by atoms with Crippen molar-refractivity contribution in [2.24, 2.45) is 12.8 Å². The summed E-state index contributed by atoms with van der Waals surface area (Å²) in [5.74, 6) is -0.353. The number of aryl methyl sites for hydroxylation is 1. The molecule has 4 heterocycles. The largest absolute Gasteiger partial charge is 0.369 e. The normalized spacial score (nSPS) is 21.1. The molecule has 1 fully saturated rings. The minimum Gasteiger partial charge on any atom is -0.369 e. The Kier molecular flexibility index (Phi) is 5.88. The first-order valence-corrected chi connectivity index (χ1v) is 11.5. The Balaban J connectivity index is 1.38. The lowest BCUT2D eigenvalue weighted by atomic mass is 10.0. The van der Waals surface area contributed by atoms with Crippen LogP contribution in [0.5, 0.6) is 0 Å². The van der Waals surface area contributed by atoms with E-state index in [1.807, 2.05) is 30.3 Å². The number of hydrogen-bond donors (Lipinski definition) is 2. The molecule has 8 nitrogen and oxygen atoms in total. The van der Waals surface area contributed by atoms with Crippen molar-refractivity contribution < 1.29 is 13.9 Å². The van der Waals surface area contributed by atoms with Gasteiger partial charge >= 0.3 is 0 Å². The Hall–Kier alpha value is -3.21. The molecule has 10 heteroatoms. The van der Waals surface area contributed by atoms with E-state index in [0.717, 1.165) is 16.5 Å². The zero-order valence-electron chi connectivity index (χ0n) is 17.9. The summed E-state index contributed by atoms with van der Waals surface area (Å²) in [6, 6.07) is 9.20. The number of rotatable bonds is 4. The lowest BCUT2D eigenvalue weighted by molar-refractivity contribution is 0.0247. The zero-order chi connectivity index (χ0) is 22.9. The average molecular weight is 467 g/mol. The second-order valence-corrected chi connectivity index (χ2v) is 8.88. The van der Waals surface area contributed by atoms with Crippen LogP contribution < -0.4 is 11.1 Å². The van der Waals surface area contributed by atoms with E-state index in [1.165, 1.54) is 11.3 Å². The number of hydrogen-bond acceptors (Lipinski definition) is 7. The van der Waals surface area contributed by atoms with Crippen LogP contribution in [0.15, 0.2) is 48.1 Å². The number of carbonyl (C=O) groups excluding carboxylic acids is 1. The molecule has 4 aromatic rings. The molecule has 33 heavy (non-hydrogen) atoms. The number of halogens is 1. The Morgan fingerprint density at radius 3 is 3.03 bits per heavy atom. The van der Waals surface area contributed by atoms with Crippen LogP contribution in [-0.2, 0) is 11.8 Å². The monoisotopic (exact) mass is 466 g/mol. The van der Waals surface area contributed by atoms with Gasteiger partial charge in [-0.1, -0.05) is 18.2 Å². The highest BCUT2D eigenvalue weighted by molar-refractivity contribution is 7.13. The molecule has 1 saturated heterocycles. The third-order valence-electron chi connectivity index (χ3n) is 5.82. The van der Waals surface area contributed by atoms with Crippen molar-refractivity contribution in [3.05, 3.63) is 59.5 Å². The summed E-state index contributed by atoms with van der Waals surface area (Å²) in [6.07, 6.45) is 2.71. The summed E-state index contributed by atoms with van der Waals surface area (Å²) in [6.45, 7) is -0.0844. The number of nitrogens with one attached hydrogen (secondary N) is 1. The van der Waals surface area contributed by atoms with Gasteiger partial charge in [0.25, 0.3) is 5.91 Å². The molecule has 0 bridgehead atoms. The highest BCUT2D eigenvalue weighted by atomic mass is 32.1. The predicted octanol–water partition coefficient (Wildman–Crippen LogP) is 3.86. The number of ether oxygens (including phenoxy) is 1. The highest BCUT2D eigenvalue weighted by Gasteiger charge is 2.30. The summed E-state index contributed by atoms with van der Waals surface area (Å²) in [7, 11) is 1.76. The maximum Gasteiger partial charge on any atom is 0.275 e. The molecule has 1 aromatic carbocycles. The highest BCUT2D eigenvalue weighted by Crippen LogP contribution is 2.33. The van der Waals surface area contributed by atoms with Crippen LogP contribution in [0.3, 0.4) is 0 Å². The van der Waals surface area contributed by atoms with Gasteiger partial charge in [-0.15, -0.1) is 11.3 Å². The lowest BCUT2D eigenvalue weighted by Crippen LogP contribution is -2.32. The van der Waals surface area contributed by atoms with Crippen molar-refractivity contribution in [3.63, 3.8) is 0 Å². The quantitative estimate of drug-likeness (QED) is 0.473. The summed E-state index contributed by atoms with van der Waals surface area (Å²) in [4.78, 5) is 22.0. The number of benzene rings is 1. The third-order valence-corrected chi connectivity index (χ3v) is 6.70. The van der Waals surface area contributed by atoms with Gasteiger partial charge in [0.2, 0.25) is 0 Å². The van der Waals surface area contributed by atoms with Crippen LogP contribution in [0.4, 0.5) is 10.1 Å². The number of para-hydroxylation sites is 1. The maximum absolute atomic E-state index is 14.0. The van der Waals surface area contributed by atoms with E-state index in [0.29, 0.717) is 34.9 Å². The van der Waals surface area contributed by atoms with E-state index < -0.39 is 18.3 Å². The lowest BCUT2D eigenvalue weighted by Gasteiger charge is -2.17. The van der Waals surface area contributed by atoms with E-state index in [2.05, 4.69) is 20.4 Å². The first-order valence-electron chi connectivity index (χ1n) is 10.7. The van der Waals surface area contributed by atoms with Gasteiger partial charge in [0, 0.05) is 35.6 Å². The Labute approximate surface area is 193 Å². The molecule has 0 saturated carbocycles. The van der Waals surface area contributed by atoms with E-state index in [4.69, 9.17) is 10.5 Å². The Morgan fingerprint density at radius 1 is 1.30 bits per heavy atom. The Bertz CT molecular complexity index is 1290. The van der Waals surface area contributed by atoms with Gasteiger partial charge in [0.1, 0.15) is 23.0 Å². The van der Waals surface area contributed by atoms with Crippen molar-refractivity contribution in [1.82, 2.24) is 19.7 Å². The van der Waals surface area contributed by atoms with Crippen molar-refractivity contribution in [2.45, 2.75) is 31.2 Å². The molecule has 3 aromatic heterocycles. The van der Waals surface area contributed by atoms with Crippen molar-refractivity contribution in [2.75, 3.05) is 11.9 Å². The molecular weight excluding hydrogens is 443 g/mol. The SMILES string of the molecule is Cn1ncc(NC(=O)c2csc(-c3cccc4cccnc34)n2)c1[C@@H]1CC[C@@H](N)[C@H](F)CO1. The van der Waals surface area contributed by atoms with Crippen molar-refractivity contribution in [1.29, 1.82) is 0 Å². The molecule has 1 amide bonds. The van der Waals surface area contributed by atoms with Crippen LogP contribution in [0, 0.1) is 0 Å². The summed E-state index contributed by atoms with van der Waals surface area (Å²) in [5, 5.41) is 10.6. The topological polar surface area (TPSA) is 108 Å². The standard InChI is InChI=1S/C23H23FN6O2S/c1-30-21(19-8-7-16(25)15(24)11-32-19)17(10-27-30)28-22(31)18-12-33-23(29-18)14-6-2-4-13-5-3-9-26-20(13)14/h2-6,9-10,12,15-16,19H,7-8,11,25H2,1H3,(H,28,31)/t15-,16-,19+/m1/s1. The molecule has 0 unspecified atom stereocenters. The number of nitrogens with zero attached hydrogens (tertiary/aromatic N) is 4. The predicted molar refractivity (Wildman–Crippen MR) is 125 cm³/mol. The van der Waals surface area contributed by atoms with Gasteiger partial charge in [-0.25, -0.2) is 9.37 Å². The van der Waals surface area contributed by atoms with Gasteiger partial charge in [-0.2, -0.15) is 5.10 Å². The van der Waals surface area contributed by atoms with Gasteiger partial charge in [-0.05, 0) is 25.0 Å². The van der Waals surface area contributed by atoms with Crippen molar-refractivity contribution >= 4 is 33.8 Å².